The summed E-state index contributed by atoms with van der Waals surface area (Å²) in [5.74, 6) is 0.641. The average Bonchev–Trinajstić information content (AvgIpc) is 2.96. The summed E-state index contributed by atoms with van der Waals surface area (Å²) in [4.78, 5) is 13.2. The molecular formula is C16H20N2O2S. The topological polar surface area (TPSA) is 64.3 Å². The van der Waals surface area contributed by atoms with Gasteiger partial charge in [0, 0.05) is 5.56 Å². The van der Waals surface area contributed by atoms with E-state index in [2.05, 4.69) is 5.32 Å². The van der Waals surface area contributed by atoms with Crippen LogP contribution in [0.5, 0.6) is 5.75 Å². The highest BCUT2D eigenvalue weighted by Crippen LogP contribution is 2.36. The molecule has 1 saturated carbocycles. The Morgan fingerprint density at radius 3 is 2.76 bits per heavy atom. The number of benzene rings is 1. The lowest BCUT2D eigenvalue weighted by Crippen LogP contribution is -2.56. The fraction of sp³-hybridized carbons (Fsp3) is 0.500. The molecule has 1 aromatic rings. The van der Waals surface area contributed by atoms with E-state index in [1.165, 1.54) is 0 Å². The summed E-state index contributed by atoms with van der Waals surface area (Å²) in [6.07, 6.45) is 4.50. The molecule has 1 unspecified atom stereocenters. The second kappa shape index (κ2) is 5.64. The second-order valence-electron chi connectivity index (χ2n) is 5.87. The molecule has 1 heterocycles. The Labute approximate surface area is 130 Å². The lowest BCUT2D eigenvalue weighted by molar-refractivity contribution is -0.124. The van der Waals surface area contributed by atoms with E-state index in [1.54, 1.807) is 0 Å². The lowest BCUT2D eigenvalue weighted by Gasteiger charge is -2.32. The van der Waals surface area contributed by atoms with Crippen LogP contribution < -0.4 is 15.8 Å². The fourth-order valence-corrected chi connectivity index (χ4v) is 3.60. The van der Waals surface area contributed by atoms with Crippen LogP contribution in [0.15, 0.2) is 24.3 Å². The number of nitrogens with two attached hydrogens (primary N) is 1. The number of hydrogen-bond donors (Lipinski definition) is 2. The Morgan fingerprint density at radius 1 is 1.33 bits per heavy atom. The van der Waals surface area contributed by atoms with Crippen molar-refractivity contribution in [2.24, 2.45) is 5.73 Å². The van der Waals surface area contributed by atoms with Crippen LogP contribution in [0.4, 0.5) is 0 Å². The van der Waals surface area contributed by atoms with E-state index in [0.29, 0.717) is 18.0 Å². The van der Waals surface area contributed by atoms with Crippen LogP contribution in [-0.4, -0.2) is 23.0 Å². The number of nitrogens with one attached hydrogen (secondary N) is 1. The standard InChI is InChI=1S/C16H20N2O2S/c17-15(21)16(8-3-4-9-16)18-14(19)12-7-10-20-13-6-2-1-5-11(12)13/h1-2,5-6,12H,3-4,7-10H2,(H2,17,21)(H,18,19). The maximum Gasteiger partial charge on any atom is 0.228 e. The van der Waals surface area contributed by atoms with E-state index < -0.39 is 5.54 Å². The Kier molecular flexibility index (Phi) is 3.85. The van der Waals surface area contributed by atoms with Gasteiger partial charge in [-0.05, 0) is 25.3 Å². The molecule has 5 heteroatoms. The molecule has 0 aromatic heterocycles. The number of thiocarbonyl (C=S) groups is 1. The van der Waals surface area contributed by atoms with Crippen LogP contribution in [-0.2, 0) is 4.79 Å². The molecule has 0 bridgehead atoms. The Hall–Kier alpha value is -1.62. The van der Waals surface area contributed by atoms with Gasteiger partial charge in [-0.3, -0.25) is 4.79 Å². The van der Waals surface area contributed by atoms with Crippen molar-refractivity contribution < 1.29 is 9.53 Å². The number of amides is 1. The van der Waals surface area contributed by atoms with Crippen molar-refractivity contribution in [2.75, 3.05) is 6.61 Å². The van der Waals surface area contributed by atoms with Gasteiger partial charge in [0.25, 0.3) is 0 Å². The number of ether oxygens (including phenoxy) is 1. The normalized spacial score (nSPS) is 23.0. The second-order valence-corrected chi connectivity index (χ2v) is 6.31. The highest BCUT2D eigenvalue weighted by atomic mass is 32.1. The third-order valence-corrected chi connectivity index (χ3v) is 4.96. The van der Waals surface area contributed by atoms with Gasteiger partial charge in [-0.1, -0.05) is 43.3 Å². The summed E-state index contributed by atoms with van der Waals surface area (Å²) >= 11 is 5.20. The van der Waals surface area contributed by atoms with E-state index in [4.69, 9.17) is 22.7 Å². The summed E-state index contributed by atoms with van der Waals surface area (Å²) in [6.45, 7) is 0.565. The molecule has 1 fully saturated rings. The lowest BCUT2D eigenvalue weighted by atomic mass is 9.90. The van der Waals surface area contributed by atoms with Crippen molar-refractivity contribution in [1.29, 1.82) is 0 Å². The number of carbonyl (C=O) groups is 1. The monoisotopic (exact) mass is 304 g/mol. The van der Waals surface area contributed by atoms with Crippen LogP contribution in [0.3, 0.4) is 0 Å². The first kappa shape index (κ1) is 14.3. The van der Waals surface area contributed by atoms with Gasteiger partial charge < -0.3 is 15.8 Å². The summed E-state index contributed by atoms with van der Waals surface area (Å²) in [6, 6.07) is 7.73. The number of rotatable bonds is 3. The average molecular weight is 304 g/mol. The summed E-state index contributed by atoms with van der Waals surface area (Å²) in [5.41, 5.74) is 6.37. The molecular weight excluding hydrogens is 284 g/mol. The van der Waals surface area contributed by atoms with E-state index in [9.17, 15) is 4.79 Å². The molecule has 21 heavy (non-hydrogen) atoms. The largest absolute Gasteiger partial charge is 0.493 e. The van der Waals surface area contributed by atoms with Gasteiger partial charge in [0.15, 0.2) is 0 Å². The zero-order chi connectivity index (χ0) is 14.9. The SMILES string of the molecule is NC(=S)C1(NC(=O)C2CCOc3ccccc32)CCCC1. The minimum absolute atomic E-state index is 0.0143. The number of carbonyl (C=O) groups excluding carboxylic acids is 1. The quantitative estimate of drug-likeness (QED) is 0.841. The molecule has 2 aliphatic rings. The van der Waals surface area contributed by atoms with Crippen LogP contribution >= 0.6 is 12.2 Å². The van der Waals surface area contributed by atoms with Gasteiger partial charge in [0.05, 0.1) is 23.1 Å². The number of hydrogen-bond acceptors (Lipinski definition) is 3. The van der Waals surface area contributed by atoms with Crippen molar-refractivity contribution in [3.8, 4) is 5.75 Å². The Balaban J connectivity index is 1.82. The highest BCUT2D eigenvalue weighted by Gasteiger charge is 2.40. The minimum Gasteiger partial charge on any atom is -0.493 e. The third kappa shape index (κ3) is 2.62. The van der Waals surface area contributed by atoms with Crippen molar-refractivity contribution in [3.63, 3.8) is 0 Å². The van der Waals surface area contributed by atoms with Gasteiger partial charge in [0.1, 0.15) is 5.75 Å². The molecule has 0 saturated heterocycles. The van der Waals surface area contributed by atoms with E-state index >= 15 is 0 Å². The maximum absolute atomic E-state index is 12.7. The van der Waals surface area contributed by atoms with Crippen molar-refractivity contribution in [2.45, 2.75) is 43.6 Å². The molecule has 1 aliphatic heterocycles. The zero-order valence-electron chi connectivity index (χ0n) is 11.9. The fourth-order valence-electron chi connectivity index (χ4n) is 3.35. The van der Waals surface area contributed by atoms with E-state index in [-0.39, 0.29) is 11.8 Å². The molecule has 0 radical (unpaired) electrons. The van der Waals surface area contributed by atoms with E-state index in [1.807, 2.05) is 24.3 Å². The molecule has 3 N–H and O–H groups in total. The predicted molar refractivity (Wildman–Crippen MR) is 85.4 cm³/mol. The van der Waals surface area contributed by atoms with Crippen molar-refractivity contribution in [3.05, 3.63) is 29.8 Å². The molecule has 1 aliphatic carbocycles. The van der Waals surface area contributed by atoms with Gasteiger partial charge in [-0.15, -0.1) is 0 Å². The zero-order valence-corrected chi connectivity index (χ0v) is 12.7. The molecule has 1 amide bonds. The van der Waals surface area contributed by atoms with Gasteiger partial charge in [-0.25, -0.2) is 0 Å². The van der Waals surface area contributed by atoms with Gasteiger partial charge >= 0.3 is 0 Å². The minimum atomic E-state index is -0.486. The van der Waals surface area contributed by atoms with Gasteiger partial charge in [-0.2, -0.15) is 0 Å². The summed E-state index contributed by atoms with van der Waals surface area (Å²) < 4.78 is 5.62. The van der Waals surface area contributed by atoms with Crippen LogP contribution in [0.25, 0.3) is 0 Å². The molecule has 3 rings (SSSR count). The van der Waals surface area contributed by atoms with E-state index in [0.717, 1.165) is 37.0 Å². The molecule has 1 aromatic carbocycles. The summed E-state index contributed by atoms with van der Waals surface area (Å²) in [7, 11) is 0. The maximum atomic E-state index is 12.7. The van der Waals surface area contributed by atoms with Crippen LogP contribution in [0, 0.1) is 0 Å². The number of para-hydroxylation sites is 1. The first-order chi connectivity index (χ1) is 10.1. The smallest absolute Gasteiger partial charge is 0.228 e. The summed E-state index contributed by atoms with van der Waals surface area (Å²) in [5, 5.41) is 3.14. The predicted octanol–water partition coefficient (Wildman–Crippen LogP) is 2.27. The third-order valence-electron chi connectivity index (χ3n) is 4.57. The Morgan fingerprint density at radius 2 is 2.05 bits per heavy atom. The van der Waals surface area contributed by atoms with Crippen molar-refractivity contribution in [1.82, 2.24) is 5.32 Å². The molecule has 112 valence electrons. The first-order valence-electron chi connectivity index (χ1n) is 7.46. The molecule has 1 atom stereocenters. The first-order valence-corrected chi connectivity index (χ1v) is 7.87. The molecule has 0 spiro atoms. The highest BCUT2D eigenvalue weighted by molar-refractivity contribution is 7.80. The van der Waals surface area contributed by atoms with Gasteiger partial charge in [0.2, 0.25) is 5.91 Å². The van der Waals surface area contributed by atoms with Crippen LogP contribution in [0.2, 0.25) is 0 Å². The van der Waals surface area contributed by atoms with Crippen molar-refractivity contribution >= 4 is 23.1 Å². The molecule has 4 nitrogen and oxygen atoms in total. The van der Waals surface area contributed by atoms with Crippen LogP contribution in [0.1, 0.15) is 43.6 Å². The Bertz CT molecular complexity index is 567. The number of fused-ring (bicyclic) bond motifs is 1.